The standard InChI is InChI=1S/C11H11.C11H17.2ClH.Zr/c1-2-9-7-10-5-3-4-6-11(10)8-9;1-6-11-9(4)7(2)8(3)10(11)5;;;/h3-8H,2H2,1H3;6H2,1-5H3;2*1H;/q2*-1;;;+4/p-2. The zero-order valence-electron chi connectivity index (χ0n) is 16.1. The Morgan fingerprint density at radius 3 is 1.80 bits per heavy atom. The van der Waals surface area contributed by atoms with Gasteiger partial charge in [-0.3, -0.25) is 0 Å². The summed E-state index contributed by atoms with van der Waals surface area (Å²) in [6.45, 7) is 13.3. The van der Waals surface area contributed by atoms with Gasteiger partial charge < -0.3 is 24.8 Å². The summed E-state index contributed by atoms with van der Waals surface area (Å²) < 4.78 is 0. The van der Waals surface area contributed by atoms with E-state index in [-0.39, 0.29) is 51.0 Å². The Labute approximate surface area is 185 Å². The predicted molar refractivity (Wildman–Crippen MR) is 99.3 cm³/mol. The number of halogens is 2. The van der Waals surface area contributed by atoms with Gasteiger partial charge in [0.1, 0.15) is 0 Å². The van der Waals surface area contributed by atoms with Crippen LogP contribution in [0.25, 0.3) is 10.8 Å². The molecule has 3 rings (SSSR count). The molecule has 134 valence electrons. The Kier molecular flexibility index (Phi) is 13.0. The molecule has 0 heterocycles. The van der Waals surface area contributed by atoms with Crippen LogP contribution in [0.5, 0.6) is 0 Å². The zero-order chi connectivity index (χ0) is 16.3. The minimum Gasteiger partial charge on any atom is -1.00 e. The molecule has 0 nitrogen and oxygen atoms in total. The summed E-state index contributed by atoms with van der Waals surface area (Å²) >= 11 is 0. The van der Waals surface area contributed by atoms with Crippen LogP contribution >= 0.6 is 0 Å². The SMILES string of the molecule is CC[c-]1c(C)c(C)c(C)c1C.CCc1cc2ccccc2[cH-]1.[Cl-].[Cl-].[Zr+4]. The summed E-state index contributed by atoms with van der Waals surface area (Å²) in [5, 5.41) is 2.73. The summed E-state index contributed by atoms with van der Waals surface area (Å²) in [7, 11) is 0. The fourth-order valence-electron chi connectivity index (χ4n) is 3.25. The first-order valence-electron chi connectivity index (χ1n) is 8.35. The molecule has 0 bridgehead atoms. The first-order chi connectivity index (χ1) is 10.5. The molecule has 0 N–H and O–H groups in total. The van der Waals surface area contributed by atoms with E-state index in [1.807, 2.05) is 0 Å². The largest absolute Gasteiger partial charge is 4.00 e. The molecule has 0 aliphatic heterocycles. The molecule has 0 aromatic heterocycles. The van der Waals surface area contributed by atoms with Crippen LogP contribution in [0.15, 0.2) is 36.4 Å². The van der Waals surface area contributed by atoms with E-state index in [9.17, 15) is 0 Å². The van der Waals surface area contributed by atoms with E-state index in [0.717, 1.165) is 6.42 Å². The van der Waals surface area contributed by atoms with Crippen molar-refractivity contribution in [1.29, 1.82) is 0 Å². The van der Waals surface area contributed by atoms with Crippen LogP contribution in [0.1, 0.15) is 47.2 Å². The fraction of sp³-hybridized carbons (Fsp3) is 0.364. The molecular weight excluding hydrogens is 426 g/mol. The molecule has 0 amide bonds. The van der Waals surface area contributed by atoms with Gasteiger partial charge in [-0.2, -0.15) is 33.9 Å². The first kappa shape index (κ1) is 26.9. The average Bonchev–Trinajstić information content (AvgIpc) is 3.04. The number of benzene rings is 1. The van der Waals surface area contributed by atoms with Crippen LogP contribution in [0.2, 0.25) is 0 Å². The van der Waals surface area contributed by atoms with Gasteiger partial charge in [0.05, 0.1) is 0 Å². The van der Waals surface area contributed by atoms with Gasteiger partial charge in [-0.05, 0) is 6.42 Å². The average molecular weight is 455 g/mol. The molecule has 0 saturated carbocycles. The molecule has 0 radical (unpaired) electrons. The van der Waals surface area contributed by atoms with Gasteiger partial charge in [-0.1, -0.05) is 54.0 Å². The van der Waals surface area contributed by atoms with Crippen molar-refractivity contribution >= 4 is 10.8 Å². The van der Waals surface area contributed by atoms with Gasteiger partial charge in [0, 0.05) is 0 Å². The van der Waals surface area contributed by atoms with Gasteiger partial charge in [0.25, 0.3) is 0 Å². The second kappa shape index (κ2) is 12.1. The van der Waals surface area contributed by atoms with Crippen LogP contribution in [-0.2, 0) is 39.0 Å². The summed E-state index contributed by atoms with van der Waals surface area (Å²) in [5.74, 6) is 0. The van der Waals surface area contributed by atoms with Crippen LogP contribution < -0.4 is 24.8 Å². The minimum absolute atomic E-state index is 0. The Balaban J connectivity index is 0. The normalized spacial score (nSPS) is 9.36. The summed E-state index contributed by atoms with van der Waals surface area (Å²) in [4.78, 5) is 0. The molecule has 0 atom stereocenters. The third-order valence-corrected chi connectivity index (χ3v) is 5.03. The molecular formula is C22H28Cl2Zr. The van der Waals surface area contributed by atoms with Crippen molar-refractivity contribution < 1.29 is 51.0 Å². The third kappa shape index (κ3) is 6.09. The van der Waals surface area contributed by atoms with E-state index in [4.69, 9.17) is 0 Å². The van der Waals surface area contributed by atoms with Crippen LogP contribution in [0.4, 0.5) is 0 Å². The van der Waals surface area contributed by atoms with E-state index < -0.39 is 0 Å². The molecule has 0 unspecified atom stereocenters. The van der Waals surface area contributed by atoms with Gasteiger partial charge >= 0.3 is 26.2 Å². The van der Waals surface area contributed by atoms with E-state index >= 15 is 0 Å². The van der Waals surface area contributed by atoms with E-state index in [1.54, 1.807) is 5.56 Å². The van der Waals surface area contributed by atoms with Gasteiger partial charge in [-0.15, -0.1) is 40.6 Å². The number of fused-ring (bicyclic) bond motifs is 1. The molecule has 0 aliphatic carbocycles. The molecule has 25 heavy (non-hydrogen) atoms. The smallest absolute Gasteiger partial charge is 1.00 e. The molecule has 0 aliphatic rings. The van der Waals surface area contributed by atoms with Crippen molar-refractivity contribution in [1.82, 2.24) is 0 Å². The summed E-state index contributed by atoms with van der Waals surface area (Å²) in [5.41, 5.74) is 8.97. The Morgan fingerprint density at radius 2 is 1.40 bits per heavy atom. The first-order valence-corrected chi connectivity index (χ1v) is 8.35. The Morgan fingerprint density at radius 1 is 0.880 bits per heavy atom. The van der Waals surface area contributed by atoms with Crippen molar-refractivity contribution in [2.45, 2.75) is 54.4 Å². The maximum absolute atomic E-state index is 2.26. The molecule has 3 aromatic carbocycles. The van der Waals surface area contributed by atoms with Crippen molar-refractivity contribution in [2.24, 2.45) is 0 Å². The summed E-state index contributed by atoms with van der Waals surface area (Å²) in [6, 6.07) is 13.0. The van der Waals surface area contributed by atoms with E-state index in [0.29, 0.717) is 0 Å². The quantitative estimate of drug-likeness (QED) is 0.490. The maximum atomic E-state index is 2.26. The number of rotatable bonds is 2. The summed E-state index contributed by atoms with van der Waals surface area (Å²) in [6.07, 6.45) is 2.31. The van der Waals surface area contributed by atoms with Gasteiger partial charge in [-0.25, -0.2) is 0 Å². The zero-order valence-corrected chi connectivity index (χ0v) is 20.1. The van der Waals surface area contributed by atoms with Gasteiger partial charge in [0.15, 0.2) is 0 Å². The third-order valence-electron chi connectivity index (χ3n) is 5.03. The monoisotopic (exact) mass is 452 g/mol. The van der Waals surface area contributed by atoms with Crippen LogP contribution in [0.3, 0.4) is 0 Å². The van der Waals surface area contributed by atoms with Crippen LogP contribution in [0, 0.1) is 27.7 Å². The second-order valence-electron chi connectivity index (χ2n) is 6.18. The van der Waals surface area contributed by atoms with Crippen molar-refractivity contribution in [3.63, 3.8) is 0 Å². The van der Waals surface area contributed by atoms with Gasteiger partial charge in [0.2, 0.25) is 0 Å². The fourth-order valence-corrected chi connectivity index (χ4v) is 3.25. The van der Waals surface area contributed by atoms with Crippen LogP contribution in [-0.4, -0.2) is 0 Å². The van der Waals surface area contributed by atoms with E-state index in [1.165, 1.54) is 45.0 Å². The second-order valence-corrected chi connectivity index (χ2v) is 6.18. The molecule has 3 heteroatoms. The molecule has 3 aromatic rings. The minimum atomic E-state index is 0. The Hall–Kier alpha value is -0.357. The maximum Gasteiger partial charge on any atom is 4.00 e. The molecule has 0 saturated heterocycles. The molecule has 0 spiro atoms. The molecule has 0 fully saturated rings. The number of hydrogen-bond donors (Lipinski definition) is 0. The van der Waals surface area contributed by atoms with E-state index in [2.05, 4.69) is 77.9 Å². The van der Waals surface area contributed by atoms with Crippen molar-refractivity contribution in [3.05, 3.63) is 69.8 Å². The Bertz CT molecular complexity index is 707. The number of aryl methyl sites for hydroxylation is 1. The number of hydrogen-bond acceptors (Lipinski definition) is 0. The topological polar surface area (TPSA) is 0 Å². The van der Waals surface area contributed by atoms with Crippen molar-refractivity contribution in [2.75, 3.05) is 0 Å². The van der Waals surface area contributed by atoms with Crippen molar-refractivity contribution in [3.8, 4) is 0 Å². The predicted octanol–water partition coefficient (Wildman–Crippen LogP) is 0.328.